The number of aliphatic hydroxyl groups is 1. The molecule has 7 nitrogen and oxygen atoms in total. The fourth-order valence-corrected chi connectivity index (χ4v) is 3.90. The third-order valence-electron chi connectivity index (χ3n) is 5.49. The number of carbonyl (C=O) groups excluding carboxylic acids is 2. The number of benzene rings is 3. The molecule has 0 spiro atoms. The number of carboxylic acid groups (broad SMARTS) is 1. The zero-order valence-electron chi connectivity index (χ0n) is 17.8. The third kappa shape index (κ3) is 4.21. The van der Waals surface area contributed by atoms with E-state index < -0.39 is 23.7 Å². The standard InChI is InChI=1S/C26H21NO6/c1-33-20-13-9-18(10-14-20)24(30)22-23(17-5-3-2-4-6-17)27(26(32)25(22)31)19-11-7-16(8-12-19)15-21(28)29/h2-14,23,30H,15H2,1H3,(H,28,29)/b24-22+. The summed E-state index contributed by atoms with van der Waals surface area (Å²) in [7, 11) is 1.53. The number of amides is 1. The molecule has 1 amide bonds. The van der Waals surface area contributed by atoms with E-state index >= 15 is 0 Å². The van der Waals surface area contributed by atoms with Crippen LogP contribution >= 0.6 is 0 Å². The molecular weight excluding hydrogens is 422 g/mol. The van der Waals surface area contributed by atoms with Crippen LogP contribution in [0.1, 0.15) is 22.7 Å². The molecule has 1 aliphatic rings. The monoisotopic (exact) mass is 443 g/mol. The van der Waals surface area contributed by atoms with Crippen LogP contribution < -0.4 is 9.64 Å². The zero-order chi connectivity index (χ0) is 23.5. The molecule has 0 aliphatic carbocycles. The Morgan fingerprint density at radius 3 is 2.12 bits per heavy atom. The minimum Gasteiger partial charge on any atom is -0.507 e. The maximum atomic E-state index is 13.1. The third-order valence-corrected chi connectivity index (χ3v) is 5.49. The van der Waals surface area contributed by atoms with Gasteiger partial charge in [-0.2, -0.15) is 0 Å². The number of anilines is 1. The van der Waals surface area contributed by atoms with E-state index in [9.17, 15) is 19.5 Å². The molecule has 1 aliphatic heterocycles. The van der Waals surface area contributed by atoms with E-state index in [1.165, 1.54) is 12.0 Å². The van der Waals surface area contributed by atoms with Crippen molar-refractivity contribution in [1.29, 1.82) is 0 Å². The molecular formula is C26H21NO6. The molecule has 1 fully saturated rings. The number of methoxy groups -OCH3 is 1. The summed E-state index contributed by atoms with van der Waals surface area (Å²) in [6, 6.07) is 21.1. The second kappa shape index (κ2) is 9.00. The number of aliphatic hydroxyl groups excluding tert-OH is 1. The summed E-state index contributed by atoms with van der Waals surface area (Å²) in [5.41, 5.74) is 2.00. The summed E-state index contributed by atoms with van der Waals surface area (Å²) < 4.78 is 5.15. The van der Waals surface area contributed by atoms with Crippen LogP contribution in [0.5, 0.6) is 5.75 Å². The molecule has 1 unspecified atom stereocenters. The van der Waals surface area contributed by atoms with Crippen molar-refractivity contribution in [3.05, 3.63) is 101 Å². The molecule has 4 rings (SSSR count). The van der Waals surface area contributed by atoms with Gasteiger partial charge in [0.1, 0.15) is 11.5 Å². The summed E-state index contributed by atoms with van der Waals surface area (Å²) in [6.07, 6.45) is -0.154. The Labute approximate surface area is 190 Å². The molecule has 2 N–H and O–H groups in total. The van der Waals surface area contributed by atoms with Gasteiger partial charge in [-0.15, -0.1) is 0 Å². The Bertz CT molecular complexity index is 1230. The van der Waals surface area contributed by atoms with Crippen LogP contribution in [0.3, 0.4) is 0 Å². The number of Topliss-reactive ketones (excluding diaryl/α,β-unsaturated/α-hetero) is 1. The van der Waals surface area contributed by atoms with E-state index in [4.69, 9.17) is 9.84 Å². The molecule has 3 aromatic rings. The number of aliphatic carboxylic acids is 1. The summed E-state index contributed by atoms with van der Waals surface area (Å²) >= 11 is 0. The molecule has 0 saturated carbocycles. The Kier molecular flexibility index (Phi) is 5.95. The van der Waals surface area contributed by atoms with Gasteiger partial charge in [-0.05, 0) is 47.5 Å². The molecule has 3 aromatic carbocycles. The number of hydrogen-bond donors (Lipinski definition) is 2. The molecule has 0 bridgehead atoms. The minimum atomic E-state index is -0.966. The lowest BCUT2D eigenvalue weighted by molar-refractivity contribution is -0.136. The van der Waals surface area contributed by atoms with Gasteiger partial charge in [0.25, 0.3) is 11.7 Å². The van der Waals surface area contributed by atoms with Crippen LogP contribution in [0.25, 0.3) is 5.76 Å². The zero-order valence-corrected chi connectivity index (χ0v) is 17.8. The fourth-order valence-electron chi connectivity index (χ4n) is 3.90. The smallest absolute Gasteiger partial charge is 0.307 e. The first-order valence-corrected chi connectivity index (χ1v) is 10.2. The SMILES string of the molecule is COc1ccc(/C(O)=C2\C(=O)C(=O)N(c3ccc(CC(=O)O)cc3)C2c2ccccc2)cc1. The van der Waals surface area contributed by atoms with Crippen molar-refractivity contribution in [2.24, 2.45) is 0 Å². The maximum Gasteiger partial charge on any atom is 0.307 e. The van der Waals surface area contributed by atoms with Gasteiger partial charge in [0.2, 0.25) is 0 Å². The van der Waals surface area contributed by atoms with Crippen molar-refractivity contribution in [2.45, 2.75) is 12.5 Å². The highest BCUT2D eigenvalue weighted by Crippen LogP contribution is 2.42. The first-order valence-electron chi connectivity index (χ1n) is 10.2. The number of nitrogens with zero attached hydrogens (tertiary/aromatic N) is 1. The van der Waals surface area contributed by atoms with Gasteiger partial charge in [-0.1, -0.05) is 42.5 Å². The second-order valence-corrected chi connectivity index (χ2v) is 7.55. The Morgan fingerprint density at radius 2 is 1.55 bits per heavy atom. The number of ether oxygens (including phenoxy) is 1. The van der Waals surface area contributed by atoms with Crippen molar-refractivity contribution >= 4 is 29.1 Å². The normalized spacial score (nSPS) is 17.2. The van der Waals surface area contributed by atoms with Gasteiger partial charge in [0.05, 0.1) is 25.1 Å². The highest BCUT2D eigenvalue weighted by molar-refractivity contribution is 6.51. The number of carboxylic acids is 1. The van der Waals surface area contributed by atoms with Crippen molar-refractivity contribution in [3.63, 3.8) is 0 Å². The van der Waals surface area contributed by atoms with Crippen LogP contribution in [-0.4, -0.2) is 35.0 Å². The molecule has 7 heteroatoms. The highest BCUT2D eigenvalue weighted by atomic mass is 16.5. The number of rotatable bonds is 6. The van der Waals surface area contributed by atoms with Crippen LogP contribution in [0.15, 0.2) is 84.4 Å². The number of hydrogen-bond acceptors (Lipinski definition) is 5. The van der Waals surface area contributed by atoms with Gasteiger partial charge < -0.3 is 14.9 Å². The minimum absolute atomic E-state index is 0.0222. The van der Waals surface area contributed by atoms with E-state index in [-0.39, 0.29) is 17.8 Å². The van der Waals surface area contributed by atoms with Gasteiger partial charge in [0.15, 0.2) is 0 Å². The molecule has 33 heavy (non-hydrogen) atoms. The Morgan fingerprint density at radius 1 is 0.909 bits per heavy atom. The van der Waals surface area contributed by atoms with Gasteiger partial charge in [-0.25, -0.2) is 0 Å². The fraction of sp³-hybridized carbons (Fsp3) is 0.115. The van der Waals surface area contributed by atoms with Crippen molar-refractivity contribution in [3.8, 4) is 5.75 Å². The number of carbonyl (C=O) groups is 3. The van der Waals surface area contributed by atoms with E-state index in [2.05, 4.69) is 0 Å². The quantitative estimate of drug-likeness (QED) is 0.340. The lowest BCUT2D eigenvalue weighted by Crippen LogP contribution is -2.29. The predicted octanol–water partition coefficient (Wildman–Crippen LogP) is 3.95. The molecule has 1 saturated heterocycles. The van der Waals surface area contributed by atoms with Gasteiger partial charge >= 0.3 is 5.97 Å². The largest absolute Gasteiger partial charge is 0.507 e. The summed E-state index contributed by atoms with van der Waals surface area (Å²) in [5, 5.41) is 20.1. The second-order valence-electron chi connectivity index (χ2n) is 7.55. The van der Waals surface area contributed by atoms with Crippen molar-refractivity contribution in [2.75, 3.05) is 12.0 Å². The Hall–Kier alpha value is -4.39. The lowest BCUT2D eigenvalue weighted by Gasteiger charge is -2.25. The topological polar surface area (TPSA) is 104 Å². The van der Waals surface area contributed by atoms with Gasteiger partial charge in [-0.3, -0.25) is 19.3 Å². The molecule has 0 aromatic heterocycles. The van der Waals surface area contributed by atoms with Crippen molar-refractivity contribution in [1.82, 2.24) is 0 Å². The van der Waals surface area contributed by atoms with E-state index in [1.54, 1.807) is 72.8 Å². The molecule has 0 radical (unpaired) electrons. The predicted molar refractivity (Wildman–Crippen MR) is 122 cm³/mol. The van der Waals surface area contributed by atoms with Crippen LogP contribution in [-0.2, 0) is 20.8 Å². The molecule has 1 heterocycles. The van der Waals surface area contributed by atoms with Crippen molar-refractivity contribution < 1.29 is 29.3 Å². The van der Waals surface area contributed by atoms with Crippen LogP contribution in [0.2, 0.25) is 0 Å². The Balaban J connectivity index is 1.84. The van der Waals surface area contributed by atoms with E-state index in [1.807, 2.05) is 6.07 Å². The lowest BCUT2D eigenvalue weighted by atomic mass is 9.95. The first-order chi connectivity index (χ1) is 15.9. The summed E-state index contributed by atoms with van der Waals surface area (Å²) in [5.74, 6) is -2.23. The molecule has 1 atom stereocenters. The summed E-state index contributed by atoms with van der Waals surface area (Å²) in [4.78, 5) is 38.5. The number of ketones is 1. The van der Waals surface area contributed by atoms with E-state index in [0.29, 0.717) is 28.1 Å². The van der Waals surface area contributed by atoms with Crippen LogP contribution in [0, 0.1) is 0 Å². The maximum absolute atomic E-state index is 13.1. The molecule has 166 valence electrons. The van der Waals surface area contributed by atoms with Crippen LogP contribution in [0.4, 0.5) is 5.69 Å². The van der Waals surface area contributed by atoms with E-state index in [0.717, 1.165) is 0 Å². The first kappa shape index (κ1) is 21.8. The highest BCUT2D eigenvalue weighted by Gasteiger charge is 2.46. The average molecular weight is 443 g/mol. The average Bonchev–Trinajstić information content (AvgIpc) is 3.10. The summed E-state index contributed by atoms with van der Waals surface area (Å²) in [6.45, 7) is 0. The van der Waals surface area contributed by atoms with Gasteiger partial charge in [0, 0.05) is 11.3 Å².